The molecule has 1 aliphatic heterocycles. The van der Waals surface area contributed by atoms with Crippen LogP contribution >= 0.6 is 0 Å². The van der Waals surface area contributed by atoms with Crippen molar-refractivity contribution in [3.8, 4) is 11.5 Å². The molecule has 1 aliphatic rings. The fourth-order valence-electron chi connectivity index (χ4n) is 3.20. The van der Waals surface area contributed by atoms with Crippen molar-refractivity contribution in [2.75, 3.05) is 27.3 Å². The van der Waals surface area contributed by atoms with Crippen LogP contribution in [0.2, 0.25) is 0 Å². The lowest BCUT2D eigenvalue weighted by molar-refractivity contribution is -0.125. The molecular weight excluding hydrogens is 346 g/mol. The van der Waals surface area contributed by atoms with Crippen LogP contribution in [-0.4, -0.2) is 51.2 Å². The molecule has 27 heavy (non-hydrogen) atoms. The molecule has 7 nitrogen and oxygen atoms in total. The van der Waals surface area contributed by atoms with Crippen molar-refractivity contribution >= 4 is 11.8 Å². The highest BCUT2D eigenvalue weighted by atomic mass is 16.5. The van der Waals surface area contributed by atoms with Crippen LogP contribution in [0.4, 0.5) is 0 Å². The van der Waals surface area contributed by atoms with Gasteiger partial charge in [-0.15, -0.1) is 0 Å². The van der Waals surface area contributed by atoms with Gasteiger partial charge in [-0.05, 0) is 43.5 Å². The first-order chi connectivity index (χ1) is 12.8. The second-order valence-corrected chi connectivity index (χ2v) is 7.38. The lowest BCUT2D eigenvalue weighted by atomic mass is 9.94. The fraction of sp³-hybridized carbons (Fsp3) is 0.600. The normalized spacial score (nSPS) is 20.7. The minimum Gasteiger partial charge on any atom is -0.497 e. The molecule has 0 saturated carbocycles. The number of hydrogen-bond acceptors (Lipinski definition) is 5. The maximum absolute atomic E-state index is 12.8. The standard InChI is InChI=1S/C20H31N3O4/c1-12(2)18(20(25)22-17-6-7-21-11-13(17)3)23-19(24)14-8-15(26-4)10-16(9-14)27-5/h8-10,12-13,17-18,21H,6-7,11H2,1-5H3,(H,22,25)(H,23,24). The molecule has 0 aromatic heterocycles. The molecule has 0 spiro atoms. The van der Waals surface area contributed by atoms with Crippen molar-refractivity contribution in [1.82, 2.24) is 16.0 Å². The summed E-state index contributed by atoms with van der Waals surface area (Å²) in [7, 11) is 3.06. The van der Waals surface area contributed by atoms with E-state index in [1.165, 1.54) is 14.2 Å². The molecule has 0 aliphatic carbocycles. The number of amides is 2. The number of rotatable bonds is 7. The van der Waals surface area contributed by atoms with E-state index in [9.17, 15) is 9.59 Å². The summed E-state index contributed by atoms with van der Waals surface area (Å²) in [6.07, 6.45) is 0.888. The van der Waals surface area contributed by atoms with E-state index in [0.717, 1.165) is 19.5 Å². The molecule has 150 valence electrons. The van der Waals surface area contributed by atoms with Gasteiger partial charge in [0.15, 0.2) is 0 Å². The molecule has 2 amide bonds. The molecular formula is C20H31N3O4. The van der Waals surface area contributed by atoms with E-state index in [2.05, 4.69) is 22.9 Å². The minimum absolute atomic E-state index is 0.0431. The van der Waals surface area contributed by atoms with Crippen LogP contribution < -0.4 is 25.4 Å². The predicted molar refractivity (Wildman–Crippen MR) is 104 cm³/mol. The smallest absolute Gasteiger partial charge is 0.252 e. The fourth-order valence-corrected chi connectivity index (χ4v) is 3.20. The average Bonchev–Trinajstić information content (AvgIpc) is 2.66. The number of carbonyl (C=O) groups excluding carboxylic acids is 2. The van der Waals surface area contributed by atoms with E-state index in [1.807, 2.05) is 13.8 Å². The number of nitrogens with one attached hydrogen (secondary N) is 3. The Kier molecular flexibility index (Phi) is 7.47. The molecule has 3 N–H and O–H groups in total. The van der Waals surface area contributed by atoms with Crippen molar-refractivity contribution in [3.05, 3.63) is 23.8 Å². The lowest BCUT2D eigenvalue weighted by Gasteiger charge is -2.32. The summed E-state index contributed by atoms with van der Waals surface area (Å²) in [5.41, 5.74) is 0.389. The van der Waals surface area contributed by atoms with Crippen LogP contribution in [0.1, 0.15) is 37.6 Å². The predicted octanol–water partition coefficient (Wildman–Crippen LogP) is 1.57. The summed E-state index contributed by atoms with van der Waals surface area (Å²) < 4.78 is 10.4. The average molecular weight is 377 g/mol. The molecule has 1 aromatic carbocycles. The molecule has 1 fully saturated rings. The quantitative estimate of drug-likeness (QED) is 0.671. The van der Waals surface area contributed by atoms with Gasteiger partial charge in [-0.2, -0.15) is 0 Å². The Labute approximate surface area is 161 Å². The number of piperidine rings is 1. The maximum Gasteiger partial charge on any atom is 0.252 e. The van der Waals surface area contributed by atoms with E-state index in [4.69, 9.17) is 9.47 Å². The van der Waals surface area contributed by atoms with Crippen molar-refractivity contribution in [1.29, 1.82) is 0 Å². The number of hydrogen-bond donors (Lipinski definition) is 3. The third kappa shape index (κ3) is 5.60. The Morgan fingerprint density at radius 2 is 1.78 bits per heavy atom. The topological polar surface area (TPSA) is 88.7 Å². The summed E-state index contributed by atoms with van der Waals surface area (Å²) in [6.45, 7) is 7.72. The second-order valence-electron chi connectivity index (χ2n) is 7.38. The van der Waals surface area contributed by atoms with E-state index in [1.54, 1.807) is 18.2 Å². The van der Waals surface area contributed by atoms with Gasteiger partial charge in [0.05, 0.1) is 14.2 Å². The first kappa shape index (κ1) is 21.0. The molecule has 1 aromatic rings. The molecule has 0 bridgehead atoms. The second kappa shape index (κ2) is 9.60. The highest BCUT2D eigenvalue weighted by molar-refractivity contribution is 5.98. The summed E-state index contributed by atoms with van der Waals surface area (Å²) in [6, 6.07) is 4.46. The lowest BCUT2D eigenvalue weighted by Crippen LogP contribution is -2.55. The van der Waals surface area contributed by atoms with E-state index in [-0.39, 0.29) is 23.8 Å². The Bertz CT molecular complexity index is 640. The maximum atomic E-state index is 12.8. The minimum atomic E-state index is -0.614. The zero-order chi connectivity index (χ0) is 20.0. The monoisotopic (exact) mass is 377 g/mol. The number of benzene rings is 1. The van der Waals surface area contributed by atoms with Crippen molar-refractivity contribution in [2.24, 2.45) is 11.8 Å². The number of carbonyl (C=O) groups is 2. The number of ether oxygens (including phenoxy) is 2. The highest BCUT2D eigenvalue weighted by Gasteiger charge is 2.29. The van der Waals surface area contributed by atoms with Gasteiger partial charge in [-0.25, -0.2) is 0 Å². The molecule has 1 heterocycles. The van der Waals surface area contributed by atoms with Crippen LogP contribution in [-0.2, 0) is 4.79 Å². The zero-order valence-electron chi connectivity index (χ0n) is 16.8. The molecule has 7 heteroatoms. The van der Waals surface area contributed by atoms with Crippen LogP contribution in [0.25, 0.3) is 0 Å². The first-order valence-electron chi connectivity index (χ1n) is 9.40. The molecule has 2 rings (SSSR count). The van der Waals surface area contributed by atoms with Gasteiger partial charge in [0.25, 0.3) is 5.91 Å². The van der Waals surface area contributed by atoms with Gasteiger partial charge in [0, 0.05) is 17.7 Å². The largest absolute Gasteiger partial charge is 0.497 e. The van der Waals surface area contributed by atoms with E-state index < -0.39 is 6.04 Å². The molecule has 3 unspecified atom stereocenters. The van der Waals surface area contributed by atoms with Gasteiger partial charge in [0.1, 0.15) is 17.5 Å². The molecule has 1 saturated heterocycles. The summed E-state index contributed by atoms with van der Waals surface area (Å²) in [5, 5.41) is 9.29. The molecule has 3 atom stereocenters. The van der Waals surface area contributed by atoms with Crippen LogP contribution in [0.15, 0.2) is 18.2 Å². The third-order valence-electron chi connectivity index (χ3n) is 4.96. The molecule has 0 radical (unpaired) electrons. The van der Waals surface area contributed by atoms with Crippen LogP contribution in [0.5, 0.6) is 11.5 Å². The summed E-state index contributed by atoms with van der Waals surface area (Å²) in [5.74, 6) is 0.876. The van der Waals surface area contributed by atoms with Crippen molar-refractivity contribution < 1.29 is 19.1 Å². The van der Waals surface area contributed by atoms with Gasteiger partial charge in [0.2, 0.25) is 5.91 Å². The van der Waals surface area contributed by atoms with Crippen molar-refractivity contribution in [3.63, 3.8) is 0 Å². The van der Waals surface area contributed by atoms with Gasteiger partial charge >= 0.3 is 0 Å². The summed E-state index contributed by atoms with van der Waals surface area (Å²) >= 11 is 0. The van der Waals surface area contributed by atoms with Crippen molar-refractivity contribution in [2.45, 2.75) is 39.3 Å². The van der Waals surface area contributed by atoms with Gasteiger partial charge in [-0.1, -0.05) is 20.8 Å². The highest BCUT2D eigenvalue weighted by Crippen LogP contribution is 2.22. The Hall–Kier alpha value is -2.28. The third-order valence-corrected chi connectivity index (χ3v) is 4.96. The summed E-state index contributed by atoms with van der Waals surface area (Å²) in [4.78, 5) is 25.6. The van der Waals surface area contributed by atoms with E-state index >= 15 is 0 Å². The first-order valence-corrected chi connectivity index (χ1v) is 9.40. The van der Waals surface area contributed by atoms with E-state index in [0.29, 0.717) is 23.0 Å². The zero-order valence-corrected chi connectivity index (χ0v) is 16.8. The number of methoxy groups -OCH3 is 2. The van der Waals surface area contributed by atoms with Gasteiger partial charge in [-0.3, -0.25) is 9.59 Å². The van der Waals surface area contributed by atoms with Crippen LogP contribution in [0, 0.1) is 11.8 Å². The Morgan fingerprint density at radius 1 is 1.15 bits per heavy atom. The SMILES string of the molecule is COc1cc(OC)cc(C(=O)NC(C(=O)NC2CCNCC2C)C(C)C)c1. The Morgan fingerprint density at radius 3 is 2.30 bits per heavy atom. The van der Waals surface area contributed by atoms with Gasteiger partial charge < -0.3 is 25.4 Å². The Balaban J connectivity index is 2.10. The van der Waals surface area contributed by atoms with Crippen LogP contribution in [0.3, 0.4) is 0 Å².